The van der Waals surface area contributed by atoms with Gasteiger partial charge >= 0.3 is 0 Å². The zero-order chi connectivity index (χ0) is 16.5. The number of aryl methyl sites for hydroxylation is 1. The van der Waals surface area contributed by atoms with E-state index in [4.69, 9.17) is 4.42 Å². The third-order valence-corrected chi connectivity index (χ3v) is 3.51. The van der Waals surface area contributed by atoms with Gasteiger partial charge in [-0.25, -0.2) is 4.39 Å². The highest BCUT2D eigenvalue weighted by molar-refractivity contribution is 5.67. The third kappa shape index (κ3) is 2.56. The highest BCUT2D eigenvalue weighted by Gasteiger charge is 2.16. The van der Waals surface area contributed by atoms with Gasteiger partial charge in [0.05, 0.1) is 23.6 Å². The Bertz CT molecular complexity index is 994. The van der Waals surface area contributed by atoms with Gasteiger partial charge in [0.25, 0.3) is 0 Å². The minimum Gasteiger partial charge on any atom is -0.416 e. The van der Waals surface area contributed by atoms with Gasteiger partial charge in [-0.1, -0.05) is 17.7 Å². The van der Waals surface area contributed by atoms with Crippen molar-refractivity contribution in [2.75, 3.05) is 0 Å². The maximum Gasteiger partial charge on any atom is 0.250 e. The van der Waals surface area contributed by atoms with Gasteiger partial charge < -0.3 is 4.42 Å². The molecule has 0 amide bonds. The van der Waals surface area contributed by atoms with E-state index >= 15 is 0 Å². The molecule has 4 rings (SSSR count). The largest absolute Gasteiger partial charge is 0.416 e. The summed E-state index contributed by atoms with van der Waals surface area (Å²) < 4.78 is 19.1. The van der Waals surface area contributed by atoms with Gasteiger partial charge in [-0.3, -0.25) is 0 Å². The minimum atomic E-state index is -0.357. The monoisotopic (exact) mass is 321 g/mol. The van der Waals surface area contributed by atoms with Crippen molar-refractivity contribution in [1.29, 1.82) is 0 Å². The van der Waals surface area contributed by atoms with Crippen molar-refractivity contribution in [3.05, 3.63) is 66.2 Å². The van der Waals surface area contributed by atoms with Crippen LogP contribution in [0, 0.1) is 12.7 Å². The Morgan fingerprint density at radius 3 is 2.54 bits per heavy atom. The summed E-state index contributed by atoms with van der Waals surface area (Å²) in [5, 5.41) is 16.4. The lowest BCUT2D eigenvalue weighted by molar-refractivity contribution is 0.580. The zero-order valence-electron chi connectivity index (χ0n) is 12.7. The van der Waals surface area contributed by atoms with Crippen LogP contribution in [-0.2, 0) is 0 Å². The zero-order valence-corrected chi connectivity index (χ0v) is 12.7. The van der Waals surface area contributed by atoms with E-state index in [-0.39, 0.29) is 11.7 Å². The molecule has 0 saturated heterocycles. The maximum atomic E-state index is 13.4. The van der Waals surface area contributed by atoms with E-state index in [2.05, 4.69) is 20.4 Å². The lowest BCUT2D eigenvalue weighted by Crippen LogP contribution is -2.01. The molecule has 2 heterocycles. The van der Waals surface area contributed by atoms with Crippen LogP contribution in [0.4, 0.5) is 4.39 Å². The number of hydrogen-bond donors (Lipinski definition) is 0. The minimum absolute atomic E-state index is 0.255. The van der Waals surface area contributed by atoms with Crippen molar-refractivity contribution in [2.24, 2.45) is 0 Å². The van der Waals surface area contributed by atoms with E-state index in [0.29, 0.717) is 17.0 Å². The van der Waals surface area contributed by atoms with Crippen LogP contribution in [0.1, 0.15) is 5.56 Å². The van der Waals surface area contributed by atoms with E-state index < -0.39 is 0 Å². The molecule has 2 aromatic carbocycles. The Hall–Kier alpha value is -3.35. The van der Waals surface area contributed by atoms with Crippen LogP contribution in [0.5, 0.6) is 0 Å². The number of nitrogens with zero attached hydrogens (tertiary/aromatic N) is 5. The lowest BCUT2D eigenvalue weighted by Gasteiger charge is -2.06. The summed E-state index contributed by atoms with van der Waals surface area (Å²) in [4.78, 5) is 1.49. The van der Waals surface area contributed by atoms with Crippen LogP contribution in [0.15, 0.2) is 59.3 Å². The smallest absolute Gasteiger partial charge is 0.250 e. The van der Waals surface area contributed by atoms with Gasteiger partial charge in [-0.2, -0.15) is 15.0 Å². The number of hydrogen-bond acceptors (Lipinski definition) is 5. The molecule has 0 spiro atoms. The topological polar surface area (TPSA) is 69.6 Å². The molecular weight excluding hydrogens is 309 g/mol. The second-order valence-corrected chi connectivity index (χ2v) is 5.26. The van der Waals surface area contributed by atoms with Crippen molar-refractivity contribution in [3.8, 4) is 28.6 Å². The van der Waals surface area contributed by atoms with E-state index in [1.165, 1.54) is 16.9 Å². The Kier molecular flexibility index (Phi) is 3.38. The van der Waals surface area contributed by atoms with Crippen LogP contribution < -0.4 is 0 Å². The molecule has 2 aromatic heterocycles. The normalized spacial score (nSPS) is 10.9. The first kappa shape index (κ1) is 14.3. The predicted molar refractivity (Wildman–Crippen MR) is 84.8 cm³/mol. The first-order chi connectivity index (χ1) is 11.7. The standard InChI is InChI=1S/C17H12FN5O/c1-11-5-6-15(23-19-7-8-20-23)14(9-11)17-22-21-16(24-17)12-3-2-4-13(18)10-12/h2-10H,1H3. The molecule has 0 aliphatic rings. The first-order valence-corrected chi connectivity index (χ1v) is 7.28. The summed E-state index contributed by atoms with van der Waals surface area (Å²) in [6.45, 7) is 1.97. The number of benzene rings is 2. The van der Waals surface area contributed by atoms with Crippen LogP contribution in [0.3, 0.4) is 0 Å². The lowest BCUT2D eigenvalue weighted by atomic mass is 10.1. The molecule has 0 N–H and O–H groups in total. The summed E-state index contributed by atoms with van der Waals surface area (Å²) >= 11 is 0. The molecule has 0 saturated carbocycles. The maximum absolute atomic E-state index is 13.4. The molecule has 0 bridgehead atoms. The molecular formula is C17H12FN5O. The fourth-order valence-electron chi connectivity index (χ4n) is 2.41. The molecule has 7 heteroatoms. The summed E-state index contributed by atoms with van der Waals surface area (Å²) in [6, 6.07) is 11.8. The molecule has 0 unspecified atom stereocenters. The van der Waals surface area contributed by atoms with Crippen molar-refractivity contribution in [2.45, 2.75) is 6.92 Å². The van der Waals surface area contributed by atoms with E-state index in [0.717, 1.165) is 11.3 Å². The van der Waals surface area contributed by atoms with Gasteiger partial charge in [0.2, 0.25) is 11.8 Å². The highest BCUT2D eigenvalue weighted by Crippen LogP contribution is 2.29. The molecule has 0 fully saturated rings. The van der Waals surface area contributed by atoms with E-state index in [1.54, 1.807) is 24.5 Å². The van der Waals surface area contributed by atoms with Crippen molar-refractivity contribution < 1.29 is 8.81 Å². The van der Waals surface area contributed by atoms with Gasteiger partial charge in [0, 0.05) is 5.56 Å². The van der Waals surface area contributed by atoms with E-state index in [9.17, 15) is 4.39 Å². The fourth-order valence-corrected chi connectivity index (χ4v) is 2.41. The summed E-state index contributed by atoms with van der Waals surface area (Å²) in [6.07, 6.45) is 3.19. The molecule has 0 aliphatic carbocycles. The molecule has 0 atom stereocenters. The first-order valence-electron chi connectivity index (χ1n) is 7.28. The Labute approximate surface area is 136 Å². The van der Waals surface area contributed by atoms with Crippen LogP contribution in [0.25, 0.3) is 28.6 Å². The number of halogens is 1. The van der Waals surface area contributed by atoms with Crippen LogP contribution >= 0.6 is 0 Å². The molecule has 0 radical (unpaired) electrons. The number of aromatic nitrogens is 5. The Morgan fingerprint density at radius 1 is 0.958 bits per heavy atom. The summed E-state index contributed by atoms with van der Waals surface area (Å²) in [7, 11) is 0. The highest BCUT2D eigenvalue weighted by atomic mass is 19.1. The van der Waals surface area contributed by atoms with Crippen LogP contribution in [-0.4, -0.2) is 25.2 Å². The molecule has 6 nitrogen and oxygen atoms in total. The molecule has 4 aromatic rings. The quantitative estimate of drug-likeness (QED) is 0.578. The van der Waals surface area contributed by atoms with E-state index in [1.807, 2.05) is 25.1 Å². The van der Waals surface area contributed by atoms with Crippen molar-refractivity contribution in [3.63, 3.8) is 0 Å². The average Bonchev–Trinajstić information content (AvgIpc) is 3.27. The van der Waals surface area contributed by atoms with Gasteiger partial charge in [-0.15, -0.1) is 10.2 Å². The SMILES string of the molecule is Cc1ccc(-n2nccn2)c(-c2nnc(-c3cccc(F)c3)o2)c1. The molecule has 24 heavy (non-hydrogen) atoms. The van der Waals surface area contributed by atoms with Crippen LogP contribution in [0.2, 0.25) is 0 Å². The average molecular weight is 321 g/mol. The summed E-state index contributed by atoms with van der Waals surface area (Å²) in [5.74, 6) is 0.222. The third-order valence-electron chi connectivity index (χ3n) is 3.51. The van der Waals surface area contributed by atoms with Crippen molar-refractivity contribution >= 4 is 0 Å². The summed E-state index contributed by atoms with van der Waals surface area (Å²) in [5.41, 5.74) is 2.99. The fraction of sp³-hybridized carbons (Fsp3) is 0.0588. The molecule has 118 valence electrons. The predicted octanol–water partition coefficient (Wildman–Crippen LogP) is 3.43. The molecule has 0 aliphatic heterocycles. The number of rotatable bonds is 3. The van der Waals surface area contributed by atoms with Gasteiger partial charge in [0.1, 0.15) is 5.82 Å². The second-order valence-electron chi connectivity index (χ2n) is 5.26. The van der Waals surface area contributed by atoms with Crippen molar-refractivity contribution in [1.82, 2.24) is 25.2 Å². The van der Waals surface area contributed by atoms with Gasteiger partial charge in [-0.05, 0) is 37.3 Å². The van der Waals surface area contributed by atoms with Gasteiger partial charge in [0.15, 0.2) is 0 Å². The second kappa shape index (κ2) is 5.69. The Balaban J connectivity index is 1.82. The Morgan fingerprint density at radius 2 is 1.75 bits per heavy atom.